The summed E-state index contributed by atoms with van der Waals surface area (Å²) in [6.45, 7) is 2.00. The monoisotopic (exact) mass is 419 g/mol. The largest absolute Gasteiger partial charge is 0.381 e. The first-order valence-electron chi connectivity index (χ1n) is 9.89. The van der Waals surface area contributed by atoms with Crippen LogP contribution < -0.4 is 11.1 Å². The molecule has 0 amide bonds. The highest BCUT2D eigenvalue weighted by Crippen LogP contribution is 2.36. The summed E-state index contributed by atoms with van der Waals surface area (Å²) >= 11 is 6.51. The number of aromatic amines is 1. The molecule has 2 aromatic carbocycles. The van der Waals surface area contributed by atoms with Gasteiger partial charge in [-0.25, -0.2) is 9.97 Å². The van der Waals surface area contributed by atoms with Crippen LogP contribution in [-0.4, -0.2) is 51.2 Å². The number of rotatable bonds is 4. The van der Waals surface area contributed by atoms with Crippen molar-refractivity contribution < 1.29 is 0 Å². The Balaban J connectivity index is 1.66. The number of aromatic nitrogens is 4. The normalized spacial score (nSPS) is 16.9. The molecule has 4 aromatic rings. The van der Waals surface area contributed by atoms with Crippen LogP contribution in [-0.2, 0) is 0 Å². The van der Waals surface area contributed by atoms with Gasteiger partial charge in [-0.15, -0.1) is 0 Å². The van der Waals surface area contributed by atoms with E-state index in [1.165, 1.54) is 0 Å². The third-order valence-corrected chi connectivity index (χ3v) is 5.77. The molecule has 4 N–H and O–H groups in total. The zero-order valence-corrected chi connectivity index (χ0v) is 17.3. The minimum Gasteiger partial charge on any atom is -0.381 e. The molecule has 1 saturated heterocycles. The fourth-order valence-corrected chi connectivity index (χ4v) is 4.22. The Bertz CT molecular complexity index is 1210. The molecule has 1 atom stereocenters. The first-order chi connectivity index (χ1) is 14.6. The number of benzene rings is 2. The lowest BCUT2D eigenvalue weighted by Crippen LogP contribution is -2.25. The SMILES string of the molecule is CN1CCC(Nc2nc(-c3cc(Cl)c4[nH]ncc4c3)c(-c3ccccc3)nc2N)C1. The van der Waals surface area contributed by atoms with E-state index in [1.54, 1.807) is 6.20 Å². The number of likely N-dealkylation sites (tertiary alicyclic amines) is 1. The van der Waals surface area contributed by atoms with Crippen LogP contribution in [0.25, 0.3) is 33.4 Å². The number of likely N-dealkylation sites (N-methyl/N-ethyl adjacent to an activating group) is 1. The smallest absolute Gasteiger partial charge is 0.169 e. The van der Waals surface area contributed by atoms with Crippen LogP contribution in [0.15, 0.2) is 48.7 Å². The van der Waals surface area contributed by atoms with Crippen molar-refractivity contribution in [3.63, 3.8) is 0 Å². The Hall–Kier alpha value is -3.16. The second kappa shape index (κ2) is 7.59. The molecule has 0 saturated carbocycles. The number of halogens is 1. The van der Waals surface area contributed by atoms with Gasteiger partial charge in [0.2, 0.25) is 0 Å². The van der Waals surface area contributed by atoms with Crippen molar-refractivity contribution >= 4 is 34.1 Å². The molecule has 1 unspecified atom stereocenters. The van der Waals surface area contributed by atoms with E-state index in [-0.39, 0.29) is 0 Å². The van der Waals surface area contributed by atoms with Crippen molar-refractivity contribution in [3.8, 4) is 22.5 Å². The third-order valence-electron chi connectivity index (χ3n) is 5.48. The molecule has 0 spiro atoms. The summed E-state index contributed by atoms with van der Waals surface area (Å²) in [4.78, 5) is 12.0. The standard InChI is InChI=1S/C22H22ClN7/c1-30-8-7-16(12-30)26-22-21(24)27-19(13-5-3-2-4-6-13)20(28-22)14-9-15-11-25-29-18(15)17(23)10-14/h2-6,9-11,16H,7-8,12H2,1H3,(H2,24,27)(H,25,29)(H,26,28). The first-order valence-corrected chi connectivity index (χ1v) is 10.3. The Morgan fingerprint density at radius 2 is 1.93 bits per heavy atom. The minimum atomic E-state index is 0.293. The fraction of sp³-hybridized carbons (Fsp3) is 0.227. The number of anilines is 2. The molecule has 30 heavy (non-hydrogen) atoms. The summed E-state index contributed by atoms with van der Waals surface area (Å²) < 4.78 is 0. The number of H-pyrrole nitrogens is 1. The lowest BCUT2D eigenvalue weighted by atomic mass is 10.0. The molecular formula is C22H22ClN7. The van der Waals surface area contributed by atoms with Crippen LogP contribution in [0.4, 0.5) is 11.6 Å². The molecular weight excluding hydrogens is 398 g/mol. The van der Waals surface area contributed by atoms with E-state index in [9.17, 15) is 0 Å². The van der Waals surface area contributed by atoms with Gasteiger partial charge in [0.15, 0.2) is 11.6 Å². The van der Waals surface area contributed by atoms with Crippen LogP contribution in [0.2, 0.25) is 5.02 Å². The van der Waals surface area contributed by atoms with Gasteiger partial charge in [0, 0.05) is 29.1 Å². The highest BCUT2D eigenvalue weighted by Gasteiger charge is 2.23. The summed E-state index contributed by atoms with van der Waals surface area (Å²) in [5.74, 6) is 0.996. The number of nitrogens with two attached hydrogens (primary N) is 1. The highest BCUT2D eigenvalue weighted by atomic mass is 35.5. The second-order valence-corrected chi connectivity index (χ2v) is 8.11. The van der Waals surface area contributed by atoms with Crippen molar-refractivity contribution in [2.45, 2.75) is 12.5 Å². The second-order valence-electron chi connectivity index (χ2n) is 7.71. The zero-order valence-electron chi connectivity index (χ0n) is 16.6. The lowest BCUT2D eigenvalue weighted by Gasteiger charge is -2.18. The Kier molecular flexibility index (Phi) is 4.77. The van der Waals surface area contributed by atoms with Crippen LogP contribution in [0.1, 0.15) is 6.42 Å². The number of nitrogens with zero attached hydrogens (tertiary/aromatic N) is 4. The van der Waals surface area contributed by atoms with Crippen molar-refractivity contribution in [1.82, 2.24) is 25.1 Å². The average molecular weight is 420 g/mol. The maximum Gasteiger partial charge on any atom is 0.169 e. The molecule has 152 valence electrons. The van der Waals surface area contributed by atoms with E-state index in [4.69, 9.17) is 27.3 Å². The van der Waals surface area contributed by atoms with Crippen molar-refractivity contribution in [3.05, 3.63) is 53.7 Å². The van der Waals surface area contributed by atoms with E-state index < -0.39 is 0 Å². The van der Waals surface area contributed by atoms with Crippen LogP contribution >= 0.6 is 11.6 Å². The quantitative estimate of drug-likeness (QED) is 0.462. The van der Waals surface area contributed by atoms with Crippen molar-refractivity contribution in [1.29, 1.82) is 0 Å². The van der Waals surface area contributed by atoms with E-state index >= 15 is 0 Å². The summed E-state index contributed by atoms with van der Waals surface area (Å²) in [6, 6.07) is 14.1. The number of fused-ring (bicyclic) bond motifs is 1. The molecule has 1 aliphatic heterocycles. The number of hydrogen-bond donors (Lipinski definition) is 3. The summed E-state index contributed by atoms with van der Waals surface area (Å²) in [7, 11) is 2.11. The highest BCUT2D eigenvalue weighted by molar-refractivity contribution is 6.35. The van der Waals surface area contributed by atoms with Crippen LogP contribution in [0, 0.1) is 0 Å². The van der Waals surface area contributed by atoms with Crippen LogP contribution in [0.3, 0.4) is 0 Å². The van der Waals surface area contributed by atoms with Gasteiger partial charge in [-0.2, -0.15) is 5.10 Å². The molecule has 5 rings (SSSR count). The topological polar surface area (TPSA) is 95.8 Å². The van der Waals surface area contributed by atoms with E-state index in [0.29, 0.717) is 22.7 Å². The Morgan fingerprint density at radius 1 is 1.13 bits per heavy atom. The zero-order chi connectivity index (χ0) is 20.7. The Labute approximate surface area is 179 Å². The number of nitrogens with one attached hydrogen (secondary N) is 2. The molecule has 0 aliphatic carbocycles. The maximum absolute atomic E-state index is 6.51. The van der Waals surface area contributed by atoms with Gasteiger partial charge in [0.25, 0.3) is 0 Å². The Morgan fingerprint density at radius 3 is 2.70 bits per heavy atom. The number of hydrogen-bond acceptors (Lipinski definition) is 6. The molecule has 3 heterocycles. The summed E-state index contributed by atoms with van der Waals surface area (Å²) in [5.41, 5.74) is 10.4. The minimum absolute atomic E-state index is 0.293. The van der Waals surface area contributed by atoms with Gasteiger partial charge >= 0.3 is 0 Å². The van der Waals surface area contributed by atoms with E-state index in [2.05, 4.69) is 27.5 Å². The summed E-state index contributed by atoms with van der Waals surface area (Å²) in [5, 5.41) is 12.0. The van der Waals surface area contributed by atoms with Gasteiger partial charge in [-0.3, -0.25) is 5.10 Å². The van der Waals surface area contributed by atoms with Crippen molar-refractivity contribution in [2.24, 2.45) is 0 Å². The van der Waals surface area contributed by atoms with Crippen LogP contribution in [0.5, 0.6) is 0 Å². The van der Waals surface area contributed by atoms with Gasteiger partial charge in [-0.1, -0.05) is 41.9 Å². The lowest BCUT2D eigenvalue weighted by molar-refractivity contribution is 0.414. The summed E-state index contributed by atoms with van der Waals surface area (Å²) in [6.07, 6.45) is 2.80. The van der Waals surface area contributed by atoms with Gasteiger partial charge in [-0.05, 0) is 32.1 Å². The van der Waals surface area contributed by atoms with E-state index in [1.807, 2.05) is 42.5 Å². The predicted molar refractivity (Wildman–Crippen MR) is 122 cm³/mol. The predicted octanol–water partition coefficient (Wildman–Crippen LogP) is 4.04. The fourth-order valence-electron chi connectivity index (χ4n) is 3.95. The first kappa shape index (κ1) is 18.8. The molecule has 7 nitrogen and oxygen atoms in total. The van der Waals surface area contributed by atoms with E-state index in [0.717, 1.165) is 52.9 Å². The van der Waals surface area contributed by atoms with Gasteiger partial charge < -0.3 is 16.0 Å². The molecule has 0 bridgehead atoms. The molecule has 0 radical (unpaired) electrons. The number of nitrogen functional groups attached to an aromatic ring is 1. The third kappa shape index (κ3) is 3.46. The average Bonchev–Trinajstić information content (AvgIpc) is 3.39. The van der Waals surface area contributed by atoms with Crippen molar-refractivity contribution in [2.75, 3.05) is 31.2 Å². The molecule has 2 aromatic heterocycles. The molecule has 8 heteroatoms. The molecule has 1 fully saturated rings. The molecule has 1 aliphatic rings. The van der Waals surface area contributed by atoms with Gasteiger partial charge in [0.1, 0.15) is 0 Å². The van der Waals surface area contributed by atoms with Gasteiger partial charge in [0.05, 0.1) is 28.1 Å². The maximum atomic E-state index is 6.51.